The maximum Gasteiger partial charge on any atom is 0.124 e. The van der Waals surface area contributed by atoms with Gasteiger partial charge in [0, 0.05) is 31.4 Å². The molecular formula is C11H16N4O. The molecule has 0 amide bonds. The molecule has 0 aliphatic carbocycles. The summed E-state index contributed by atoms with van der Waals surface area (Å²) in [6.45, 7) is 5.66. The van der Waals surface area contributed by atoms with Gasteiger partial charge < -0.3 is 9.84 Å². The highest BCUT2D eigenvalue weighted by molar-refractivity contribution is 5.00. The van der Waals surface area contributed by atoms with Crippen LogP contribution in [0.2, 0.25) is 0 Å². The molecule has 0 fully saturated rings. The molecule has 0 atom stereocenters. The van der Waals surface area contributed by atoms with Gasteiger partial charge in [-0.15, -0.1) is 0 Å². The number of nitrogens with one attached hydrogen (secondary N) is 1. The van der Waals surface area contributed by atoms with Gasteiger partial charge in [-0.25, -0.2) is 0 Å². The second kappa shape index (κ2) is 4.94. The van der Waals surface area contributed by atoms with E-state index in [0.717, 1.165) is 17.9 Å². The van der Waals surface area contributed by atoms with E-state index in [2.05, 4.69) is 29.4 Å². The van der Waals surface area contributed by atoms with E-state index in [1.807, 2.05) is 23.0 Å². The molecule has 0 saturated carbocycles. The first-order valence-electron chi connectivity index (χ1n) is 5.39. The monoisotopic (exact) mass is 220 g/mol. The molecule has 86 valence electrons. The molecule has 2 aromatic heterocycles. The summed E-state index contributed by atoms with van der Waals surface area (Å²) in [6.07, 6.45) is 3.57. The number of rotatable bonds is 5. The van der Waals surface area contributed by atoms with Crippen molar-refractivity contribution in [3.05, 3.63) is 36.0 Å². The zero-order valence-electron chi connectivity index (χ0n) is 9.55. The largest absolute Gasteiger partial charge is 0.364 e. The molecule has 0 bridgehead atoms. The van der Waals surface area contributed by atoms with Gasteiger partial charge in [0.25, 0.3) is 0 Å². The van der Waals surface area contributed by atoms with Crippen molar-refractivity contribution in [1.82, 2.24) is 20.3 Å². The van der Waals surface area contributed by atoms with Gasteiger partial charge in [0.15, 0.2) is 0 Å². The van der Waals surface area contributed by atoms with E-state index >= 15 is 0 Å². The Bertz CT molecular complexity index is 419. The summed E-state index contributed by atoms with van der Waals surface area (Å²) in [4.78, 5) is 0. The maximum atomic E-state index is 4.74. The summed E-state index contributed by atoms with van der Waals surface area (Å²) in [5, 5.41) is 11.5. The minimum absolute atomic E-state index is 0.407. The molecule has 2 heterocycles. The van der Waals surface area contributed by atoms with Crippen molar-refractivity contribution >= 4 is 0 Å². The van der Waals surface area contributed by atoms with Crippen molar-refractivity contribution in [2.45, 2.75) is 33.0 Å². The van der Waals surface area contributed by atoms with Crippen molar-refractivity contribution in [3.63, 3.8) is 0 Å². The van der Waals surface area contributed by atoms with Crippen LogP contribution in [0.1, 0.15) is 31.3 Å². The standard InChI is InChI=1S/C11H16N4O/c1-9(2)15-5-3-10(13-15)7-12-8-11-4-6-16-14-11/h3-6,9,12H,7-8H2,1-2H3. The van der Waals surface area contributed by atoms with Crippen molar-refractivity contribution in [1.29, 1.82) is 0 Å². The molecule has 0 saturated heterocycles. The summed E-state index contributed by atoms with van der Waals surface area (Å²) in [7, 11) is 0. The van der Waals surface area contributed by atoms with Crippen LogP contribution in [-0.4, -0.2) is 14.9 Å². The molecule has 5 nitrogen and oxygen atoms in total. The van der Waals surface area contributed by atoms with Crippen molar-refractivity contribution in [2.75, 3.05) is 0 Å². The molecule has 2 aromatic rings. The lowest BCUT2D eigenvalue weighted by molar-refractivity contribution is 0.408. The predicted octanol–water partition coefficient (Wildman–Crippen LogP) is 1.74. The molecule has 2 rings (SSSR count). The number of nitrogens with zero attached hydrogens (tertiary/aromatic N) is 3. The van der Waals surface area contributed by atoms with Gasteiger partial charge in [-0.1, -0.05) is 5.16 Å². The minimum Gasteiger partial charge on any atom is -0.364 e. The Hall–Kier alpha value is -1.62. The lowest BCUT2D eigenvalue weighted by atomic mass is 10.4. The normalized spacial score (nSPS) is 11.2. The van der Waals surface area contributed by atoms with E-state index in [1.165, 1.54) is 0 Å². The van der Waals surface area contributed by atoms with Crippen LogP contribution in [0.3, 0.4) is 0 Å². The third kappa shape index (κ3) is 2.70. The van der Waals surface area contributed by atoms with Crippen molar-refractivity contribution in [2.24, 2.45) is 0 Å². The Morgan fingerprint density at radius 2 is 2.12 bits per heavy atom. The Morgan fingerprint density at radius 1 is 1.31 bits per heavy atom. The van der Waals surface area contributed by atoms with Crippen molar-refractivity contribution in [3.8, 4) is 0 Å². The van der Waals surface area contributed by atoms with E-state index < -0.39 is 0 Å². The van der Waals surface area contributed by atoms with Crippen LogP contribution in [0.15, 0.2) is 29.1 Å². The molecule has 0 unspecified atom stereocenters. The average Bonchev–Trinajstić information content (AvgIpc) is 2.87. The summed E-state index contributed by atoms with van der Waals surface area (Å²) in [6, 6.07) is 4.28. The molecule has 0 radical (unpaired) electrons. The van der Waals surface area contributed by atoms with Gasteiger partial charge in [-0.3, -0.25) is 4.68 Å². The van der Waals surface area contributed by atoms with E-state index in [4.69, 9.17) is 4.52 Å². The second-order valence-corrected chi connectivity index (χ2v) is 3.98. The van der Waals surface area contributed by atoms with Gasteiger partial charge >= 0.3 is 0 Å². The van der Waals surface area contributed by atoms with Gasteiger partial charge in [0.1, 0.15) is 6.26 Å². The molecule has 0 spiro atoms. The molecule has 0 aromatic carbocycles. The van der Waals surface area contributed by atoms with Crippen LogP contribution in [-0.2, 0) is 13.1 Å². The maximum absolute atomic E-state index is 4.74. The van der Waals surface area contributed by atoms with Gasteiger partial charge in [-0.2, -0.15) is 5.10 Å². The summed E-state index contributed by atoms with van der Waals surface area (Å²) >= 11 is 0. The second-order valence-electron chi connectivity index (χ2n) is 3.98. The topological polar surface area (TPSA) is 55.9 Å². The van der Waals surface area contributed by atoms with Crippen LogP contribution in [0.4, 0.5) is 0 Å². The highest BCUT2D eigenvalue weighted by Crippen LogP contribution is 2.04. The first-order valence-corrected chi connectivity index (χ1v) is 5.39. The minimum atomic E-state index is 0.407. The third-order valence-electron chi connectivity index (χ3n) is 2.30. The Balaban J connectivity index is 1.81. The fourth-order valence-electron chi connectivity index (χ4n) is 1.41. The number of hydrogen-bond acceptors (Lipinski definition) is 4. The van der Waals surface area contributed by atoms with E-state index in [-0.39, 0.29) is 0 Å². The molecule has 5 heteroatoms. The van der Waals surface area contributed by atoms with Crippen molar-refractivity contribution < 1.29 is 4.52 Å². The molecule has 1 N–H and O–H groups in total. The lowest BCUT2D eigenvalue weighted by Gasteiger charge is -2.04. The third-order valence-corrected chi connectivity index (χ3v) is 2.30. The SMILES string of the molecule is CC(C)n1ccc(CNCc2ccon2)n1. The molecular weight excluding hydrogens is 204 g/mol. The highest BCUT2D eigenvalue weighted by atomic mass is 16.5. The zero-order chi connectivity index (χ0) is 11.4. The van der Waals surface area contributed by atoms with Crippen LogP contribution in [0, 0.1) is 0 Å². The van der Waals surface area contributed by atoms with E-state index in [0.29, 0.717) is 12.6 Å². The average molecular weight is 220 g/mol. The van der Waals surface area contributed by atoms with Gasteiger partial charge in [-0.05, 0) is 19.9 Å². The summed E-state index contributed by atoms with van der Waals surface area (Å²) in [5.74, 6) is 0. The number of hydrogen-bond donors (Lipinski definition) is 1. The molecule has 0 aliphatic rings. The van der Waals surface area contributed by atoms with Gasteiger partial charge in [0.05, 0.1) is 11.4 Å². The Morgan fingerprint density at radius 3 is 2.75 bits per heavy atom. The first kappa shape index (κ1) is 10.9. The number of aromatic nitrogens is 3. The summed E-state index contributed by atoms with van der Waals surface area (Å²) < 4.78 is 6.69. The van der Waals surface area contributed by atoms with Crippen LogP contribution < -0.4 is 5.32 Å². The quantitative estimate of drug-likeness (QED) is 0.834. The van der Waals surface area contributed by atoms with Crippen LogP contribution >= 0.6 is 0 Å². The van der Waals surface area contributed by atoms with E-state index in [1.54, 1.807) is 6.26 Å². The zero-order valence-corrected chi connectivity index (χ0v) is 9.55. The fourth-order valence-corrected chi connectivity index (χ4v) is 1.41. The molecule has 0 aliphatic heterocycles. The van der Waals surface area contributed by atoms with Crippen LogP contribution in [0.25, 0.3) is 0 Å². The van der Waals surface area contributed by atoms with Crippen LogP contribution in [0.5, 0.6) is 0 Å². The molecule has 16 heavy (non-hydrogen) atoms. The lowest BCUT2D eigenvalue weighted by Crippen LogP contribution is -2.13. The van der Waals surface area contributed by atoms with Gasteiger partial charge in [0.2, 0.25) is 0 Å². The summed E-state index contributed by atoms with van der Waals surface area (Å²) in [5.41, 5.74) is 1.94. The highest BCUT2D eigenvalue weighted by Gasteiger charge is 2.02. The fraction of sp³-hybridized carbons (Fsp3) is 0.455. The Labute approximate surface area is 94.4 Å². The first-order chi connectivity index (χ1) is 7.75. The Kier molecular flexibility index (Phi) is 3.36. The smallest absolute Gasteiger partial charge is 0.124 e. The van der Waals surface area contributed by atoms with E-state index in [9.17, 15) is 0 Å². The predicted molar refractivity (Wildman–Crippen MR) is 59.7 cm³/mol.